The predicted molar refractivity (Wildman–Crippen MR) is 71.5 cm³/mol. The summed E-state index contributed by atoms with van der Waals surface area (Å²) in [4.78, 5) is 25.2. The number of aromatic nitrogens is 1. The maximum atomic E-state index is 10.9. The zero-order chi connectivity index (χ0) is 14.1. The van der Waals surface area contributed by atoms with E-state index in [4.69, 9.17) is 4.42 Å². The standard InChI is InChI=1S/C14H8N2O4/c17-8-9-7-11(10-3-1-2-4-12(10)15-9)13-5-6-14(20-13)16(18)19/h1-8H. The number of fused-ring (bicyclic) bond motifs is 1. The van der Waals surface area contributed by atoms with Gasteiger partial charge in [-0.05, 0) is 18.2 Å². The molecule has 98 valence electrons. The molecule has 20 heavy (non-hydrogen) atoms. The minimum absolute atomic E-state index is 0.248. The molecule has 2 aromatic heterocycles. The Morgan fingerprint density at radius 1 is 1.20 bits per heavy atom. The molecule has 0 bridgehead atoms. The number of hydrogen-bond acceptors (Lipinski definition) is 5. The number of furan rings is 1. The molecule has 2 heterocycles. The van der Waals surface area contributed by atoms with Crippen LogP contribution in [0.3, 0.4) is 0 Å². The molecule has 0 unspecified atom stereocenters. The van der Waals surface area contributed by atoms with Crippen LogP contribution >= 0.6 is 0 Å². The van der Waals surface area contributed by atoms with Crippen molar-refractivity contribution in [2.75, 3.05) is 0 Å². The molecule has 0 amide bonds. The van der Waals surface area contributed by atoms with Crippen molar-refractivity contribution in [2.24, 2.45) is 0 Å². The second-order valence-corrected chi connectivity index (χ2v) is 4.12. The third-order valence-electron chi connectivity index (χ3n) is 2.89. The lowest BCUT2D eigenvalue weighted by molar-refractivity contribution is -0.401. The van der Waals surface area contributed by atoms with E-state index in [0.29, 0.717) is 23.1 Å². The molecule has 0 aliphatic rings. The molecular formula is C14H8N2O4. The number of rotatable bonds is 3. The van der Waals surface area contributed by atoms with Crippen LogP contribution in [0.2, 0.25) is 0 Å². The molecule has 0 spiro atoms. The molecule has 0 N–H and O–H groups in total. The Morgan fingerprint density at radius 3 is 2.70 bits per heavy atom. The first-order chi connectivity index (χ1) is 9.69. The van der Waals surface area contributed by atoms with Gasteiger partial charge in [-0.15, -0.1) is 0 Å². The molecule has 0 aliphatic heterocycles. The lowest BCUT2D eigenvalue weighted by Crippen LogP contribution is -1.90. The molecule has 6 nitrogen and oxygen atoms in total. The lowest BCUT2D eigenvalue weighted by Gasteiger charge is -2.04. The fourth-order valence-electron chi connectivity index (χ4n) is 2.03. The summed E-state index contributed by atoms with van der Waals surface area (Å²) in [5.41, 5.74) is 1.48. The Balaban J connectivity index is 2.27. The normalized spacial score (nSPS) is 10.6. The van der Waals surface area contributed by atoms with Crippen LogP contribution in [0.25, 0.3) is 22.2 Å². The first-order valence-corrected chi connectivity index (χ1v) is 5.78. The van der Waals surface area contributed by atoms with Crippen LogP contribution in [-0.2, 0) is 0 Å². The molecule has 1 aromatic carbocycles. The van der Waals surface area contributed by atoms with Crippen molar-refractivity contribution >= 4 is 23.1 Å². The monoisotopic (exact) mass is 268 g/mol. The van der Waals surface area contributed by atoms with Crippen molar-refractivity contribution in [3.05, 3.63) is 58.3 Å². The predicted octanol–water partition coefficient (Wildman–Crippen LogP) is 3.22. The Bertz CT molecular complexity index is 823. The minimum atomic E-state index is -0.604. The smallest absolute Gasteiger partial charge is 0.401 e. The average Bonchev–Trinajstić information content (AvgIpc) is 2.96. The number of hydrogen-bond donors (Lipinski definition) is 0. The van der Waals surface area contributed by atoms with Gasteiger partial charge in [0.2, 0.25) is 0 Å². The van der Waals surface area contributed by atoms with Crippen molar-refractivity contribution < 1.29 is 14.1 Å². The van der Waals surface area contributed by atoms with Crippen molar-refractivity contribution in [3.8, 4) is 11.3 Å². The first-order valence-electron chi connectivity index (χ1n) is 5.78. The van der Waals surface area contributed by atoms with Crippen LogP contribution < -0.4 is 0 Å². The van der Waals surface area contributed by atoms with Gasteiger partial charge in [0.25, 0.3) is 0 Å². The summed E-state index contributed by atoms with van der Waals surface area (Å²) in [6.07, 6.45) is 0.632. The molecular weight excluding hydrogens is 260 g/mol. The third-order valence-corrected chi connectivity index (χ3v) is 2.89. The molecule has 0 saturated heterocycles. The molecule has 0 saturated carbocycles. The second-order valence-electron chi connectivity index (χ2n) is 4.12. The number of benzene rings is 1. The highest BCUT2D eigenvalue weighted by Crippen LogP contribution is 2.31. The van der Waals surface area contributed by atoms with E-state index in [2.05, 4.69) is 4.98 Å². The van der Waals surface area contributed by atoms with E-state index in [1.165, 1.54) is 12.1 Å². The third kappa shape index (κ3) is 1.93. The Labute approximate surface area is 112 Å². The SMILES string of the molecule is O=Cc1cc(-c2ccc([N+](=O)[O-])o2)c2ccccc2n1. The summed E-state index contributed by atoms with van der Waals surface area (Å²) in [6, 6.07) is 11.6. The highest BCUT2D eigenvalue weighted by molar-refractivity contribution is 5.95. The van der Waals surface area contributed by atoms with Crippen LogP contribution in [0, 0.1) is 10.1 Å². The molecule has 0 fully saturated rings. The van der Waals surface area contributed by atoms with Gasteiger partial charge in [0.15, 0.2) is 6.29 Å². The topological polar surface area (TPSA) is 86.2 Å². The van der Waals surface area contributed by atoms with Crippen LogP contribution in [-0.4, -0.2) is 16.2 Å². The molecule has 3 aromatic rings. The summed E-state index contributed by atoms with van der Waals surface area (Å²) in [6.45, 7) is 0. The molecule has 0 aliphatic carbocycles. The van der Waals surface area contributed by atoms with Gasteiger partial charge in [0.05, 0.1) is 11.6 Å². The Kier molecular flexibility index (Phi) is 2.76. The van der Waals surface area contributed by atoms with Crippen molar-refractivity contribution in [1.82, 2.24) is 4.98 Å². The number of para-hydroxylation sites is 1. The highest BCUT2D eigenvalue weighted by atomic mass is 16.6. The number of carbonyl (C=O) groups excluding carboxylic acids is 1. The van der Waals surface area contributed by atoms with Crippen LogP contribution in [0.15, 0.2) is 46.9 Å². The van der Waals surface area contributed by atoms with Gasteiger partial charge in [-0.1, -0.05) is 18.2 Å². The summed E-state index contributed by atoms with van der Waals surface area (Å²) in [5, 5.41) is 11.4. The molecule has 0 radical (unpaired) electrons. The summed E-state index contributed by atoms with van der Waals surface area (Å²) in [7, 11) is 0. The number of nitro groups is 1. The molecule has 6 heteroatoms. The zero-order valence-corrected chi connectivity index (χ0v) is 10.1. The van der Waals surface area contributed by atoms with Gasteiger partial charge in [-0.2, -0.15) is 0 Å². The van der Waals surface area contributed by atoms with Crippen LogP contribution in [0.4, 0.5) is 5.88 Å². The number of aldehydes is 1. The van der Waals surface area contributed by atoms with E-state index in [-0.39, 0.29) is 11.6 Å². The number of pyridine rings is 1. The fourth-order valence-corrected chi connectivity index (χ4v) is 2.03. The van der Waals surface area contributed by atoms with E-state index in [1.807, 2.05) is 12.1 Å². The Morgan fingerprint density at radius 2 is 2.00 bits per heavy atom. The van der Waals surface area contributed by atoms with E-state index >= 15 is 0 Å². The van der Waals surface area contributed by atoms with Crippen molar-refractivity contribution in [2.45, 2.75) is 0 Å². The Hall–Kier alpha value is -3.02. The summed E-state index contributed by atoms with van der Waals surface area (Å²) >= 11 is 0. The van der Waals surface area contributed by atoms with Gasteiger partial charge in [0, 0.05) is 10.9 Å². The molecule has 0 atom stereocenters. The van der Waals surface area contributed by atoms with E-state index in [1.54, 1.807) is 18.2 Å². The number of carbonyl (C=O) groups is 1. The minimum Gasteiger partial charge on any atom is -0.401 e. The second kappa shape index (κ2) is 4.58. The van der Waals surface area contributed by atoms with E-state index < -0.39 is 4.92 Å². The van der Waals surface area contributed by atoms with E-state index in [9.17, 15) is 14.9 Å². The van der Waals surface area contributed by atoms with Gasteiger partial charge in [-0.25, -0.2) is 4.98 Å². The van der Waals surface area contributed by atoms with Crippen molar-refractivity contribution in [1.29, 1.82) is 0 Å². The lowest BCUT2D eigenvalue weighted by atomic mass is 10.1. The largest absolute Gasteiger partial charge is 0.433 e. The average molecular weight is 268 g/mol. The van der Waals surface area contributed by atoms with Gasteiger partial charge in [-0.3, -0.25) is 14.9 Å². The maximum absolute atomic E-state index is 10.9. The maximum Gasteiger partial charge on any atom is 0.433 e. The summed E-state index contributed by atoms with van der Waals surface area (Å²) in [5.74, 6) is -0.00746. The van der Waals surface area contributed by atoms with Gasteiger partial charge in [0.1, 0.15) is 16.4 Å². The van der Waals surface area contributed by atoms with Gasteiger partial charge < -0.3 is 4.42 Å². The molecule has 3 rings (SSSR count). The quantitative estimate of drug-likeness (QED) is 0.413. The highest BCUT2D eigenvalue weighted by Gasteiger charge is 2.16. The van der Waals surface area contributed by atoms with Crippen LogP contribution in [0.1, 0.15) is 10.5 Å². The van der Waals surface area contributed by atoms with Crippen LogP contribution in [0.5, 0.6) is 0 Å². The van der Waals surface area contributed by atoms with E-state index in [0.717, 1.165) is 5.39 Å². The zero-order valence-electron chi connectivity index (χ0n) is 10.1. The van der Waals surface area contributed by atoms with Gasteiger partial charge >= 0.3 is 5.88 Å². The first kappa shape index (κ1) is 12.0. The number of nitrogens with zero attached hydrogens (tertiary/aromatic N) is 2. The van der Waals surface area contributed by atoms with Crippen molar-refractivity contribution in [3.63, 3.8) is 0 Å². The summed E-state index contributed by atoms with van der Waals surface area (Å²) < 4.78 is 5.20. The fraction of sp³-hybridized carbons (Fsp3) is 0.